The van der Waals surface area contributed by atoms with Gasteiger partial charge in [-0.1, -0.05) is 35.9 Å². The second-order valence-electron chi connectivity index (χ2n) is 13.7. The normalized spacial score (nSPS) is 27.8. The molecule has 2 saturated carbocycles. The monoisotopic (exact) mass is 661 g/mol. The summed E-state index contributed by atoms with van der Waals surface area (Å²) < 4.78 is 18.1. The van der Waals surface area contributed by atoms with E-state index in [9.17, 15) is 4.79 Å². The Kier molecular flexibility index (Phi) is 9.49. The summed E-state index contributed by atoms with van der Waals surface area (Å²) >= 11 is 8.29. The summed E-state index contributed by atoms with van der Waals surface area (Å²) in [4.78, 5) is 24.1. The van der Waals surface area contributed by atoms with Gasteiger partial charge in [-0.05, 0) is 117 Å². The number of hydrogen-bond acceptors (Lipinski definition) is 8. The Labute approximate surface area is 281 Å². The smallest absolute Gasteiger partial charge is 0.337 e. The minimum atomic E-state index is -0.328. The van der Waals surface area contributed by atoms with E-state index in [4.69, 9.17) is 25.8 Å². The number of fused-ring (bicyclic) bond motifs is 3. The molecule has 1 aliphatic heterocycles. The molecule has 0 radical (unpaired) electrons. The number of benzene rings is 2. The molecule has 0 amide bonds. The Balaban J connectivity index is 1.15. The van der Waals surface area contributed by atoms with Gasteiger partial charge in [-0.25, -0.2) is 14.8 Å². The van der Waals surface area contributed by atoms with E-state index in [0.717, 1.165) is 60.4 Å². The SMILES string of the molecule is COC(=O)c1ccc2c(c1)N(C[C@@H]1CC[C@H]1[C@@H](OC)[C@H]1CCCC(Sc3ncccn3)C1)C[C@@]1(CCCc3cc(Cl)ccc31)CO2. The Morgan fingerprint density at radius 2 is 1.98 bits per heavy atom. The molecule has 4 aliphatic rings. The molecule has 0 bridgehead atoms. The third-order valence-electron chi connectivity index (χ3n) is 11.0. The first kappa shape index (κ1) is 31.8. The van der Waals surface area contributed by atoms with Crippen LogP contribution < -0.4 is 9.64 Å². The average Bonchev–Trinajstić information content (AvgIpc) is 3.22. The Hall–Kier alpha value is -2.81. The van der Waals surface area contributed by atoms with Gasteiger partial charge in [0.05, 0.1) is 31.1 Å². The van der Waals surface area contributed by atoms with Gasteiger partial charge >= 0.3 is 5.97 Å². The van der Waals surface area contributed by atoms with Crippen molar-refractivity contribution in [1.29, 1.82) is 0 Å². The maximum Gasteiger partial charge on any atom is 0.337 e. The lowest BCUT2D eigenvalue weighted by molar-refractivity contribution is -0.0587. The number of carbonyl (C=O) groups is 1. The first-order valence-corrected chi connectivity index (χ1v) is 18.1. The van der Waals surface area contributed by atoms with Gasteiger partial charge < -0.3 is 19.1 Å². The number of carbonyl (C=O) groups excluding carboxylic acids is 1. The predicted molar refractivity (Wildman–Crippen MR) is 182 cm³/mol. The summed E-state index contributed by atoms with van der Waals surface area (Å²) in [5.74, 6) is 2.02. The molecule has 0 saturated heterocycles. The van der Waals surface area contributed by atoms with Crippen molar-refractivity contribution in [2.75, 3.05) is 38.8 Å². The Morgan fingerprint density at radius 1 is 1.11 bits per heavy atom. The van der Waals surface area contributed by atoms with Gasteiger partial charge in [0.15, 0.2) is 5.16 Å². The van der Waals surface area contributed by atoms with Gasteiger partial charge in [-0.2, -0.15) is 0 Å². The summed E-state index contributed by atoms with van der Waals surface area (Å²) in [6.45, 7) is 2.34. The molecule has 2 heterocycles. The molecule has 1 aromatic heterocycles. The van der Waals surface area contributed by atoms with E-state index in [0.29, 0.717) is 35.2 Å². The molecular formula is C37H44ClN3O4S. The van der Waals surface area contributed by atoms with Gasteiger partial charge in [-0.3, -0.25) is 0 Å². The molecular weight excluding hydrogens is 618 g/mol. The van der Waals surface area contributed by atoms with E-state index >= 15 is 0 Å². The van der Waals surface area contributed by atoms with Crippen LogP contribution in [0.2, 0.25) is 5.02 Å². The second kappa shape index (κ2) is 13.7. The van der Waals surface area contributed by atoms with Crippen LogP contribution in [0.15, 0.2) is 60.0 Å². The molecule has 6 atom stereocenters. The van der Waals surface area contributed by atoms with E-state index in [2.05, 4.69) is 27.0 Å². The highest BCUT2D eigenvalue weighted by Gasteiger charge is 2.46. The number of hydrogen-bond donors (Lipinski definition) is 0. The number of methoxy groups -OCH3 is 2. The molecule has 7 nitrogen and oxygen atoms in total. The lowest BCUT2D eigenvalue weighted by Crippen LogP contribution is -2.51. The molecule has 244 valence electrons. The highest BCUT2D eigenvalue weighted by Crippen LogP contribution is 2.49. The summed E-state index contributed by atoms with van der Waals surface area (Å²) in [5.41, 5.74) is 4.06. The number of rotatable bonds is 8. The minimum Gasteiger partial charge on any atom is -0.490 e. The van der Waals surface area contributed by atoms with E-state index in [1.165, 1.54) is 50.3 Å². The molecule has 0 N–H and O–H groups in total. The Bertz CT molecular complexity index is 1540. The Morgan fingerprint density at radius 3 is 2.76 bits per heavy atom. The maximum absolute atomic E-state index is 12.6. The number of aromatic nitrogens is 2. The zero-order chi connectivity index (χ0) is 31.7. The number of aryl methyl sites for hydroxylation is 1. The van der Waals surface area contributed by atoms with Crippen LogP contribution in [0.5, 0.6) is 5.75 Å². The summed E-state index contributed by atoms with van der Waals surface area (Å²) in [5, 5.41) is 2.18. The van der Waals surface area contributed by atoms with Gasteiger partial charge in [0.2, 0.25) is 0 Å². The zero-order valence-electron chi connectivity index (χ0n) is 26.8. The van der Waals surface area contributed by atoms with Crippen molar-refractivity contribution in [2.45, 2.75) is 79.7 Å². The fourth-order valence-electron chi connectivity index (χ4n) is 8.69. The van der Waals surface area contributed by atoms with Crippen LogP contribution in [0.1, 0.15) is 72.9 Å². The van der Waals surface area contributed by atoms with Crippen LogP contribution in [0.3, 0.4) is 0 Å². The fraction of sp³-hybridized carbons (Fsp3) is 0.541. The van der Waals surface area contributed by atoms with Crippen LogP contribution in [-0.2, 0) is 21.3 Å². The fourth-order valence-corrected chi connectivity index (χ4v) is 10.1. The third kappa shape index (κ3) is 6.37. The first-order valence-electron chi connectivity index (χ1n) is 16.8. The molecule has 9 heteroatoms. The number of esters is 1. The van der Waals surface area contributed by atoms with Crippen molar-refractivity contribution in [3.8, 4) is 5.75 Å². The largest absolute Gasteiger partial charge is 0.490 e. The molecule has 1 spiro atoms. The topological polar surface area (TPSA) is 73.8 Å². The van der Waals surface area contributed by atoms with Crippen molar-refractivity contribution < 1.29 is 19.0 Å². The number of thioether (sulfide) groups is 1. The van der Waals surface area contributed by atoms with Crippen molar-refractivity contribution in [3.05, 3.63) is 76.6 Å². The van der Waals surface area contributed by atoms with Crippen LogP contribution >= 0.6 is 23.4 Å². The third-order valence-corrected chi connectivity index (χ3v) is 12.4. The average molecular weight is 662 g/mol. The summed E-state index contributed by atoms with van der Waals surface area (Å²) in [7, 11) is 3.35. The number of halogens is 1. The standard InChI is InChI=1S/C37H44ClN3O4S/c1-43-34(25-6-3-8-29(19-25)46-36-39-16-5-17-40-36)30-12-9-27(30)21-41-22-37(15-4-7-24-18-28(38)11-13-31(24)37)23-45-33-14-10-26(20-32(33)41)35(42)44-2/h5,10-11,13-14,16-18,20,25,27,29-30,34H,3-4,6-9,12,15,19,21-23H2,1-2H3/t25-,27-,29?,30+,34-,37-/m0/s1. The molecule has 2 fully saturated rings. The highest BCUT2D eigenvalue weighted by atomic mass is 35.5. The van der Waals surface area contributed by atoms with E-state index in [-0.39, 0.29) is 17.5 Å². The first-order chi connectivity index (χ1) is 22.5. The lowest BCUT2D eigenvalue weighted by atomic mass is 9.65. The molecule has 1 unspecified atom stereocenters. The minimum absolute atomic E-state index is 0.157. The summed E-state index contributed by atoms with van der Waals surface area (Å²) in [6.07, 6.45) is 14.2. The number of ether oxygens (including phenoxy) is 3. The van der Waals surface area contributed by atoms with Crippen molar-refractivity contribution >= 4 is 35.0 Å². The van der Waals surface area contributed by atoms with Crippen molar-refractivity contribution in [1.82, 2.24) is 9.97 Å². The van der Waals surface area contributed by atoms with Gasteiger partial charge in [-0.15, -0.1) is 0 Å². The van der Waals surface area contributed by atoms with E-state index < -0.39 is 0 Å². The van der Waals surface area contributed by atoms with Crippen molar-refractivity contribution in [2.24, 2.45) is 17.8 Å². The quantitative estimate of drug-likeness (QED) is 0.179. The molecule has 46 heavy (non-hydrogen) atoms. The van der Waals surface area contributed by atoms with Crippen LogP contribution in [-0.4, -0.2) is 61.2 Å². The maximum atomic E-state index is 12.6. The van der Waals surface area contributed by atoms with Gasteiger partial charge in [0, 0.05) is 48.3 Å². The second-order valence-corrected chi connectivity index (χ2v) is 15.4. The van der Waals surface area contributed by atoms with E-state index in [1.807, 2.05) is 61.6 Å². The van der Waals surface area contributed by atoms with Gasteiger partial charge in [0.25, 0.3) is 0 Å². The van der Waals surface area contributed by atoms with Gasteiger partial charge in [0.1, 0.15) is 5.75 Å². The number of anilines is 1. The lowest BCUT2D eigenvalue weighted by Gasteiger charge is -2.48. The predicted octanol–water partition coefficient (Wildman–Crippen LogP) is 7.78. The number of nitrogens with zero attached hydrogens (tertiary/aromatic N) is 3. The molecule has 2 aromatic carbocycles. The molecule has 7 rings (SSSR count). The zero-order valence-corrected chi connectivity index (χ0v) is 28.4. The van der Waals surface area contributed by atoms with Crippen LogP contribution in [0.25, 0.3) is 0 Å². The molecule has 3 aliphatic carbocycles. The van der Waals surface area contributed by atoms with Crippen LogP contribution in [0.4, 0.5) is 5.69 Å². The van der Waals surface area contributed by atoms with Crippen LogP contribution in [0, 0.1) is 17.8 Å². The van der Waals surface area contributed by atoms with Crippen molar-refractivity contribution in [3.63, 3.8) is 0 Å². The summed E-state index contributed by atoms with van der Waals surface area (Å²) in [6, 6.07) is 14.0. The van der Waals surface area contributed by atoms with E-state index in [1.54, 1.807) is 0 Å². The molecule has 3 aromatic rings. The highest BCUT2D eigenvalue weighted by molar-refractivity contribution is 7.99.